The minimum absolute atomic E-state index is 0.0122. The predicted molar refractivity (Wildman–Crippen MR) is 68.0 cm³/mol. The molecule has 1 atom stereocenters. The summed E-state index contributed by atoms with van der Waals surface area (Å²) < 4.78 is 0. The van der Waals surface area contributed by atoms with Gasteiger partial charge in [-0.3, -0.25) is 4.79 Å². The van der Waals surface area contributed by atoms with Gasteiger partial charge in [-0.2, -0.15) is 0 Å². The number of hydrogen-bond acceptors (Lipinski definition) is 3. The van der Waals surface area contributed by atoms with Crippen LogP contribution in [0, 0.1) is 5.92 Å². The maximum Gasteiger partial charge on any atom is 0.317 e. The monoisotopic (exact) mass is 259 g/mol. The Bertz CT molecular complexity index is 375. The Kier molecular flexibility index (Phi) is 4.50. The molecule has 0 amide bonds. The van der Waals surface area contributed by atoms with Gasteiger partial charge >= 0.3 is 5.97 Å². The van der Waals surface area contributed by atoms with Crippen molar-refractivity contribution in [3.63, 3.8) is 0 Å². The van der Waals surface area contributed by atoms with Gasteiger partial charge in [0.25, 0.3) is 0 Å². The number of thioether (sulfide) groups is 1. The summed E-state index contributed by atoms with van der Waals surface area (Å²) in [5, 5.41) is 9.04. The van der Waals surface area contributed by atoms with E-state index in [0.29, 0.717) is 15.6 Å². The second-order valence-corrected chi connectivity index (χ2v) is 5.34. The molecule has 1 aromatic rings. The second-order valence-electron chi connectivity index (χ2n) is 3.78. The van der Waals surface area contributed by atoms with Crippen LogP contribution in [0.3, 0.4) is 0 Å². The highest BCUT2D eigenvalue weighted by molar-refractivity contribution is 8.00. The van der Waals surface area contributed by atoms with E-state index < -0.39 is 11.2 Å². The molecule has 3 N–H and O–H groups in total. The molecule has 0 aliphatic heterocycles. The quantitative estimate of drug-likeness (QED) is 0.644. The van der Waals surface area contributed by atoms with E-state index >= 15 is 0 Å². The molecule has 0 aliphatic rings. The van der Waals surface area contributed by atoms with Gasteiger partial charge < -0.3 is 10.8 Å². The molecule has 0 heterocycles. The number of aliphatic carboxylic acids is 1. The van der Waals surface area contributed by atoms with Crippen LogP contribution in [0.2, 0.25) is 5.02 Å². The zero-order valence-electron chi connectivity index (χ0n) is 9.11. The van der Waals surface area contributed by atoms with Crippen molar-refractivity contribution in [2.24, 2.45) is 5.92 Å². The number of benzene rings is 1. The second kappa shape index (κ2) is 5.46. The molecule has 5 heteroatoms. The molecular formula is C11H14ClNO2S. The smallest absolute Gasteiger partial charge is 0.317 e. The maximum absolute atomic E-state index is 11.1. The van der Waals surface area contributed by atoms with E-state index in [4.69, 9.17) is 22.4 Å². The number of carboxylic acids is 1. The highest BCUT2D eigenvalue weighted by Gasteiger charge is 2.24. The third-order valence-corrected chi connectivity index (χ3v) is 4.21. The summed E-state index contributed by atoms with van der Waals surface area (Å²) in [6.07, 6.45) is 0. The number of anilines is 1. The fraction of sp³-hybridized carbons (Fsp3) is 0.364. The van der Waals surface area contributed by atoms with Gasteiger partial charge in [0.05, 0.1) is 5.02 Å². The van der Waals surface area contributed by atoms with Crippen molar-refractivity contribution in [2.45, 2.75) is 24.0 Å². The minimum Gasteiger partial charge on any atom is -0.480 e. The van der Waals surface area contributed by atoms with Crippen LogP contribution >= 0.6 is 23.4 Å². The fourth-order valence-corrected chi connectivity index (χ4v) is 2.58. The molecule has 0 saturated heterocycles. The summed E-state index contributed by atoms with van der Waals surface area (Å²) in [5.41, 5.74) is 6.29. The van der Waals surface area contributed by atoms with Gasteiger partial charge in [-0.15, -0.1) is 11.8 Å². The first-order valence-corrected chi connectivity index (χ1v) is 6.12. The standard InChI is InChI=1S/C11H14ClNO2S/c1-6(2)9(11(14)15)16-10-7(12)4-3-5-8(10)13/h3-6,9H,13H2,1-2H3,(H,14,15). The number of nitrogen functional groups attached to an aromatic ring is 1. The molecule has 0 spiro atoms. The summed E-state index contributed by atoms with van der Waals surface area (Å²) in [5.74, 6) is -0.836. The third kappa shape index (κ3) is 3.06. The molecule has 0 bridgehead atoms. The van der Waals surface area contributed by atoms with Crippen LogP contribution < -0.4 is 5.73 Å². The Hall–Kier alpha value is -0.870. The van der Waals surface area contributed by atoms with Gasteiger partial charge in [0.2, 0.25) is 0 Å². The van der Waals surface area contributed by atoms with Crippen LogP contribution in [0.4, 0.5) is 5.69 Å². The summed E-state index contributed by atoms with van der Waals surface area (Å²) >= 11 is 7.19. The molecule has 1 unspecified atom stereocenters. The van der Waals surface area contributed by atoms with Gasteiger partial charge in [0.15, 0.2) is 0 Å². The van der Waals surface area contributed by atoms with Gasteiger partial charge in [0.1, 0.15) is 5.25 Å². The van der Waals surface area contributed by atoms with Gasteiger partial charge in [-0.25, -0.2) is 0 Å². The molecule has 3 nitrogen and oxygen atoms in total. The minimum atomic E-state index is -0.848. The lowest BCUT2D eigenvalue weighted by Crippen LogP contribution is -2.22. The summed E-state index contributed by atoms with van der Waals surface area (Å²) in [6.45, 7) is 3.72. The lowest BCUT2D eigenvalue weighted by Gasteiger charge is -2.17. The molecule has 1 aromatic carbocycles. The van der Waals surface area contributed by atoms with Crippen LogP contribution in [0.5, 0.6) is 0 Å². The van der Waals surface area contributed by atoms with E-state index in [0.717, 1.165) is 0 Å². The largest absolute Gasteiger partial charge is 0.480 e. The lowest BCUT2D eigenvalue weighted by atomic mass is 10.1. The van der Waals surface area contributed by atoms with E-state index in [9.17, 15) is 4.79 Å². The van der Waals surface area contributed by atoms with Crippen molar-refractivity contribution in [1.82, 2.24) is 0 Å². The van der Waals surface area contributed by atoms with Crippen LogP contribution in [-0.4, -0.2) is 16.3 Å². The Morgan fingerprint density at radius 2 is 2.12 bits per heavy atom. The number of carbonyl (C=O) groups is 1. The average Bonchev–Trinajstić information content (AvgIpc) is 2.15. The number of rotatable bonds is 4. The van der Waals surface area contributed by atoms with Gasteiger partial charge in [0, 0.05) is 10.6 Å². The van der Waals surface area contributed by atoms with Crippen LogP contribution in [0.1, 0.15) is 13.8 Å². The number of hydrogen-bond donors (Lipinski definition) is 2. The Labute approximate surface area is 104 Å². The van der Waals surface area contributed by atoms with Crippen LogP contribution in [0.15, 0.2) is 23.1 Å². The fourth-order valence-electron chi connectivity index (χ4n) is 1.25. The van der Waals surface area contributed by atoms with Crippen LogP contribution in [0.25, 0.3) is 0 Å². The van der Waals surface area contributed by atoms with E-state index in [1.54, 1.807) is 18.2 Å². The van der Waals surface area contributed by atoms with E-state index in [1.165, 1.54) is 11.8 Å². The molecular weight excluding hydrogens is 246 g/mol. The first-order chi connectivity index (χ1) is 7.43. The Balaban J connectivity index is 2.98. The van der Waals surface area contributed by atoms with E-state index in [-0.39, 0.29) is 5.92 Å². The number of nitrogens with two attached hydrogens (primary N) is 1. The normalized spacial score (nSPS) is 12.8. The van der Waals surface area contributed by atoms with Crippen molar-refractivity contribution in [2.75, 3.05) is 5.73 Å². The van der Waals surface area contributed by atoms with Crippen molar-refractivity contribution in [3.8, 4) is 0 Å². The SMILES string of the molecule is CC(C)C(Sc1c(N)cccc1Cl)C(=O)O. The molecule has 88 valence electrons. The Morgan fingerprint density at radius 1 is 1.50 bits per heavy atom. The third-order valence-electron chi connectivity index (χ3n) is 2.09. The summed E-state index contributed by atoms with van der Waals surface area (Å²) in [4.78, 5) is 11.7. The van der Waals surface area contributed by atoms with Crippen molar-refractivity contribution in [1.29, 1.82) is 0 Å². The predicted octanol–water partition coefficient (Wildman–Crippen LogP) is 3.12. The Morgan fingerprint density at radius 3 is 2.56 bits per heavy atom. The van der Waals surface area contributed by atoms with Crippen molar-refractivity contribution >= 4 is 35.0 Å². The highest BCUT2D eigenvalue weighted by atomic mass is 35.5. The zero-order valence-corrected chi connectivity index (χ0v) is 10.7. The van der Waals surface area contributed by atoms with E-state index in [1.807, 2.05) is 13.8 Å². The molecule has 0 aliphatic carbocycles. The number of halogens is 1. The van der Waals surface area contributed by atoms with Gasteiger partial charge in [-0.05, 0) is 18.1 Å². The molecule has 0 aromatic heterocycles. The molecule has 0 saturated carbocycles. The number of carboxylic acid groups (broad SMARTS) is 1. The van der Waals surface area contributed by atoms with Crippen LogP contribution in [-0.2, 0) is 4.79 Å². The van der Waals surface area contributed by atoms with E-state index in [2.05, 4.69) is 0 Å². The molecule has 0 radical (unpaired) electrons. The van der Waals surface area contributed by atoms with Gasteiger partial charge in [-0.1, -0.05) is 31.5 Å². The summed E-state index contributed by atoms with van der Waals surface area (Å²) in [7, 11) is 0. The highest BCUT2D eigenvalue weighted by Crippen LogP contribution is 2.37. The average molecular weight is 260 g/mol. The lowest BCUT2D eigenvalue weighted by molar-refractivity contribution is -0.137. The topological polar surface area (TPSA) is 63.3 Å². The summed E-state index contributed by atoms with van der Waals surface area (Å²) in [6, 6.07) is 5.17. The molecule has 0 fully saturated rings. The molecule has 1 rings (SSSR count). The molecule has 16 heavy (non-hydrogen) atoms. The zero-order chi connectivity index (χ0) is 12.3. The maximum atomic E-state index is 11.1. The first-order valence-electron chi connectivity index (χ1n) is 4.87. The first kappa shape index (κ1) is 13.2. The van der Waals surface area contributed by atoms with Crippen molar-refractivity contribution < 1.29 is 9.90 Å². The van der Waals surface area contributed by atoms with Crippen molar-refractivity contribution in [3.05, 3.63) is 23.2 Å².